The lowest BCUT2D eigenvalue weighted by atomic mass is 10.0. The van der Waals surface area contributed by atoms with Gasteiger partial charge in [-0.1, -0.05) is 12.8 Å². The lowest BCUT2D eigenvalue weighted by Gasteiger charge is -2.17. The number of nitrogens with one attached hydrogen (secondary N) is 2. The Balaban J connectivity index is 1.76. The normalized spacial score (nSPS) is 18.6. The lowest BCUT2D eigenvalue weighted by molar-refractivity contribution is 0.0837. The molecule has 1 fully saturated rings. The van der Waals surface area contributed by atoms with Gasteiger partial charge in [0.15, 0.2) is 0 Å². The number of carbonyl (C=O) groups excluding carboxylic acids is 1. The van der Waals surface area contributed by atoms with Crippen LogP contribution in [0, 0.1) is 5.92 Å². The van der Waals surface area contributed by atoms with E-state index in [2.05, 4.69) is 10.3 Å². The van der Waals surface area contributed by atoms with E-state index in [0.717, 1.165) is 12.8 Å². The highest BCUT2D eigenvalue weighted by Crippen LogP contribution is 2.27. The Bertz CT molecular complexity index is 329. The number of amides is 1. The van der Waals surface area contributed by atoms with E-state index in [1.54, 1.807) is 18.3 Å². The first-order valence-corrected chi connectivity index (χ1v) is 5.87. The predicted molar refractivity (Wildman–Crippen MR) is 61.1 cm³/mol. The molecule has 3 N–H and O–H groups in total. The van der Waals surface area contributed by atoms with E-state index in [-0.39, 0.29) is 5.91 Å². The summed E-state index contributed by atoms with van der Waals surface area (Å²) in [7, 11) is 0. The molecule has 0 radical (unpaired) electrons. The summed E-state index contributed by atoms with van der Waals surface area (Å²) in [5, 5.41) is 12.6. The molecule has 4 heteroatoms. The second-order valence-corrected chi connectivity index (χ2v) is 4.41. The van der Waals surface area contributed by atoms with E-state index in [4.69, 9.17) is 0 Å². The van der Waals surface area contributed by atoms with Crippen LogP contribution in [0.1, 0.15) is 36.2 Å². The summed E-state index contributed by atoms with van der Waals surface area (Å²) in [6.45, 7) is 0.350. The number of H-pyrrole nitrogens is 1. The van der Waals surface area contributed by atoms with Crippen molar-refractivity contribution in [3.63, 3.8) is 0 Å². The number of hydrogen-bond donors (Lipinski definition) is 3. The summed E-state index contributed by atoms with van der Waals surface area (Å²) >= 11 is 0. The molecule has 4 nitrogen and oxygen atoms in total. The van der Waals surface area contributed by atoms with Crippen molar-refractivity contribution in [3.8, 4) is 0 Å². The molecule has 1 saturated carbocycles. The van der Waals surface area contributed by atoms with Crippen LogP contribution < -0.4 is 5.32 Å². The maximum atomic E-state index is 11.6. The van der Waals surface area contributed by atoms with Gasteiger partial charge in [0.05, 0.1) is 6.10 Å². The molecule has 0 aliphatic heterocycles. The largest absolute Gasteiger partial charge is 0.391 e. The number of aromatic amines is 1. The molecule has 1 amide bonds. The average Bonchev–Trinajstić information content (AvgIpc) is 2.95. The highest BCUT2D eigenvalue weighted by Gasteiger charge is 2.23. The topological polar surface area (TPSA) is 65.1 Å². The van der Waals surface area contributed by atoms with Gasteiger partial charge in [0, 0.05) is 12.7 Å². The summed E-state index contributed by atoms with van der Waals surface area (Å²) < 4.78 is 0. The second-order valence-electron chi connectivity index (χ2n) is 4.41. The Morgan fingerprint density at radius 1 is 1.56 bits per heavy atom. The number of aliphatic hydroxyl groups is 1. The number of aromatic nitrogens is 1. The van der Waals surface area contributed by atoms with E-state index < -0.39 is 6.10 Å². The first-order valence-electron chi connectivity index (χ1n) is 5.87. The van der Waals surface area contributed by atoms with Crippen molar-refractivity contribution >= 4 is 5.91 Å². The zero-order valence-electron chi connectivity index (χ0n) is 9.28. The molecule has 1 unspecified atom stereocenters. The maximum absolute atomic E-state index is 11.6. The van der Waals surface area contributed by atoms with Crippen LogP contribution >= 0.6 is 0 Å². The number of carbonyl (C=O) groups is 1. The van der Waals surface area contributed by atoms with Gasteiger partial charge in [-0.25, -0.2) is 0 Å². The third-order valence-corrected chi connectivity index (χ3v) is 3.26. The quantitative estimate of drug-likeness (QED) is 0.719. The summed E-state index contributed by atoms with van der Waals surface area (Å²) in [6.07, 6.45) is 5.88. The molecule has 1 aromatic rings. The Hall–Kier alpha value is -1.29. The first-order chi connectivity index (χ1) is 7.77. The number of hydrogen-bond acceptors (Lipinski definition) is 2. The van der Waals surface area contributed by atoms with Gasteiger partial charge >= 0.3 is 0 Å². The summed E-state index contributed by atoms with van der Waals surface area (Å²) in [5.41, 5.74) is 0.540. The fraction of sp³-hybridized carbons (Fsp3) is 0.583. The van der Waals surface area contributed by atoms with Crippen LogP contribution in [0.4, 0.5) is 0 Å². The van der Waals surface area contributed by atoms with Crippen molar-refractivity contribution in [3.05, 3.63) is 24.0 Å². The fourth-order valence-corrected chi connectivity index (χ4v) is 2.27. The smallest absolute Gasteiger partial charge is 0.267 e. The van der Waals surface area contributed by atoms with Gasteiger partial charge in [-0.3, -0.25) is 4.79 Å². The van der Waals surface area contributed by atoms with E-state index in [9.17, 15) is 9.90 Å². The van der Waals surface area contributed by atoms with Gasteiger partial charge in [0.1, 0.15) is 5.69 Å². The molecular weight excluding hydrogens is 204 g/mol. The van der Waals surface area contributed by atoms with Gasteiger partial charge in [-0.05, 0) is 30.9 Å². The SMILES string of the molecule is O=C(NCC(O)C1CCCC1)c1ccc[nH]1. The van der Waals surface area contributed by atoms with Gasteiger partial charge in [-0.2, -0.15) is 0 Å². The molecule has 1 aliphatic rings. The van der Waals surface area contributed by atoms with E-state index in [0.29, 0.717) is 18.2 Å². The highest BCUT2D eigenvalue weighted by atomic mass is 16.3. The minimum atomic E-state index is -0.401. The van der Waals surface area contributed by atoms with E-state index in [1.165, 1.54) is 12.8 Å². The van der Waals surface area contributed by atoms with Crippen LogP contribution in [0.15, 0.2) is 18.3 Å². The van der Waals surface area contributed by atoms with Gasteiger partial charge in [-0.15, -0.1) is 0 Å². The second kappa shape index (κ2) is 5.16. The van der Waals surface area contributed by atoms with Crippen molar-refractivity contribution in [2.75, 3.05) is 6.54 Å². The van der Waals surface area contributed by atoms with Gasteiger partial charge < -0.3 is 15.4 Å². The van der Waals surface area contributed by atoms with Crippen LogP contribution in [-0.4, -0.2) is 28.6 Å². The van der Waals surface area contributed by atoms with Crippen molar-refractivity contribution in [2.24, 2.45) is 5.92 Å². The predicted octanol–water partition coefficient (Wildman–Crippen LogP) is 1.30. The Kier molecular flexibility index (Phi) is 3.62. The minimum Gasteiger partial charge on any atom is -0.391 e. The lowest BCUT2D eigenvalue weighted by Crippen LogP contribution is -2.35. The fourth-order valence-electron chi connectivity index (χ4n) is 2.27. The van der Waals surface area contributed by atoms with Gasteiger partial charge in [0.25, 0.3) is 5.91 Å². The number of rotatable bonds is 4. The summed E-state index contributed by atoms with van der Waals surface area (Å²) in [6, 6.07) is 3.50. The number of aliphatic hydroxyl groups excluding tert-OH is 1. The third kappa shape index (κ3) is 2.64. The van der Waals surface area contributed by atoms with E-state index >= 15 is 0 Å². The summed E-state index contributed by atoms with van der Waals surface area (Å²) in [5.74, 6) is 0.214. The Morgan fingerprint density at radius 2 is 2.31 bits per heavy atom. The van der Waals surface area contributed by atoms with Crippen molar-refractivity contribution < 1.29 is 9.90 Å². The molecule has 1 aliphatic carbocycles. The molecule has 1 aromatic heterocycles. The molecule has 0 bridgehead atoms. The molecule has 16 heavy (non-hydrogen) atoms. The molecule has 1 atom stereocenters. The van der Waals surface area contributed by atoms with Crippen molar-refractivity contribution in [2.45, 2.75) is 31.8 Å². The van der Waals surface area contributed by atoms with Crippen LogP contribution in [0.5, 0.6) is 0 Å². The molecule has 0 saturated heterocycles. The summed E-state index contributed by atoms with van der Waals surface area (Å²) in [4.78, 5) is 14.4. The van der Waals surface area contributed by atoms with Crippen LogP contribution in [0.2, 0.25) is 0 Å². The van der Waals surface area contributed by atoms with Gasteiger partial charge in [0.2, 0.25) is 0 Å². The Morgan fingerprint density at radius 3 is 2.94 bits per heavy atom. The van der Waals surface area contributed by atoms with Crippen LogP contribution in [0.3, 0.4) is 0 Å². The third-order valence-electron chi connectivity index (χ3n) is 3.26. The van der Waals surface area contributed by atoms with Crippen molar-refractivity contribution in [1.82, 2.24) is 10.3 Å². The molecule has 1 heterocycles. The van der Waals surface area contributed by atoms with Crippen LogP contribution in [0.25, 0.3) is 0 Å². The zero-order chi connectivity index (χ0) is 11.4. The van der Waals surface area contributed by atoms with Crippen molar-refractivity contribution in [1.29, 1.82) is 0 Å². The average molecular weight is 222 g/mol. The molecule has 88 valence electrons. The van der Waals surface area contributed by atoms with Crippen LogP contribution in [-0.2, 0) is 0 Å². The standard InChI is InChI=1S/C12H18N2O2/c15-11(9-4-1-2-5-9)8-14-12(16)10-6-3-7-13-10/h3,6-7,9,11,13,15H,1-2,4-5,8H2,(H,14,16). The maximum Gasteiger partial charge on any atom is 0.267 e. The Labute approximate surface area is 95.1 Å². The molecular formula is C12H18N2O2. The molecule has 0 aromatic carbocycles. The molecule has 2 rings (SSSR count). The molecule has 0 spiro atoms. The highest BCUT2D eigenvalue weighted by molar-refractivity contribution is 5.92. The minimum absolute atomic E-state index is 0.151. The van der Waals surface area contributed by atoms with E-state index in [1.807, 2.05) is 0 Å². The zero-order valence-corrected chi connectivity index (χ0v) is 9.28. The first kappa shape index (κ1) is 11.2. The monoisotopic (exact) mass is 222 g/mol.